The Bertz CT molecular complexity index is 559. The van der Waals surface area contributed by atoms with Gasteiger partial charge in [-0.3, -0.25) is 0 Å². The average molecular weight is 344 g/mol. The summed E-state index contributed by atoms with van der Waals surface area (Å²) in [6, 6.07) is 2.17. The monoisotopic (exact) mass is 343 g/mol. The summed E-state index contributed by atoms with van der Waals surface area (Å²) >= 11 is 6.74. The van der Waals surface area contributed by atoms with Crippen molar-refractivity contribution in [2.45, 2.75) is 25.3 Å². The van der Waals surface area contributed by atoms with Gasteiger partial charge in [-0.05, 0) is 63.2 Å². The molecule has 0 radical (unpaired) electrons. The SMILES string of the molecule is CN(Cc1csc(Br)c1)c1snc(N)c1C1CC1. The van der Waals surface area contributed by atoms with Crippen LogP contribution in [-0.2, 0) is 6.54 Å². The average Bonchev–Trinajstić information content (AvgIpc) is 2.97. The third-order valence-corrected chi connectivity index (χ3v) is 5.66. The Labute approximate surface area is 123 Å². The van der Waals surface area contributed by atoms with Crippen molar-refractivity contribution in [3.63, 3.8) is 0 Å². The van der Waals surface area contributed by atoms with E-state index in [-0.39, 0.29) is 0 Å². The molecule has 0 bridgehead atoms. The van der Waals surface area contributed by atoms with Gasteiger partial charge >= 0.3 is 0 Å². The van der Waals surface area contributed by atoms with Crippen LogP contribution >= 0.6 is 38.8 Å². The molecule has 3 nitrogen and oxygen atoms in total. The van der Waals surface area contributed by atoms with E-state index < -0.39 is 0 Å². The second-order valence-corrected chi connectivity index (χ2v) is 7.72. The van der Waals surface area contributed by atoms with Gasteiger partial charge in [0.2, 0.25) is 0 Å². The maximum atomic E-state index is 5.98. The molecule has 0 aromatic carbocycles. The number of halogens is 1. The number of hydrogen-bond donors (Lipinski definition) is 1. The van der Waals surface area contributed by atoms with Gasteiger partial charge in [-0.25, -0.2) is 0 Å². The summed E-state index contributed by atoms with van der Waals surface area (Å²) < 4.78 is 5.49. The maximum Gasteiger partial charge on any atom is 0.142 e. The first-order chi connectivity index (χ1) is 8.65. The van der Waals surface area contributed by atoms with E-state index in [0.717, 1.165) is 12.4 Å². The van der Waals surface area contributed by atoms with Gasteiger partial charge in [0.25, 0.3) is 0 Å². The van der Waals surface area contributed by atoms with Crippen molar-refractivity contribution >= 4 is 49.6 Å². The number of hydrogen-bond acceptors (Lipinski definition) is 5. The first-order valence-electron chi connectivity index (χ1n) is 5.84. The van der Waals surface area contributed by atoms with Crippen LogP contribution in [0.25, 0.3) is 0 Å². The molecule has 0 amide bonds. The number of nitrogen functional groups attached to an aromatic ring is 1. The lowest BCUT2D eigenvalue weighted by Crippen LogP contribution is -2.16. The van der Waals surface area contributed by atoms with Gasteiger partial charge in [-0.1, -0.05) is 0 Å². The molecule has 6 heteroatoms. The quantitative estimate of drug-likeness (QED) is 0.909. The molecular formula is C12H14BrN3S2. The molecular weight excluding hydrogens is 330 g/mol. The van der Waals surface area contributed by atoms with Gasteiger partial charge < -0.3 is 10.6 Å². The highest BCUT2D eigenvalue weighted by Gasteiger charge is 2.31. The van der Waals surface area contributed by atoms with E-state index in [4.69, 9.17) is 5.73 Å². The number of anilines is 2. The van der Waals surface area contributed by atoms with Crippen molar-refractivity contribution in [1.29, 1.82) is 0 Å². The Hall–Kier alpha value is -0.590. The lowest BCUT2D eigenvalue weighted by atomic mass is 10.2. The van der Waals surface area contributed by atoms with Crippen molar-refractivity contribution in [2.24, 2.45) is 0 Å². The third-order valence-electron chi connectivity index (χ3n) is 3.11. The molecule has 1 aliphatic carbocycles. The van der Waals surface area contributed by atoms with E-state index >= 15 is 0 Å². The molecule has 18 heavy (non-hydrogen) atoms. The topological polar surface area (TPSA) is 42.2 Å². The Morgan fingerprint density at radius 1 is 1.56 bits per heavy atom. The van der Waals surface area contributed by atoms with Crippen LogP contribution in [-0.4, -0.2) is 11.4 Å². The zero-order valence-corrected chi connectivity index (χ0v) is 13.2. The van der Waals surface area contributed by atoms with Gasteiger partial charge in [0.15, 0.2) is 0 Å². The fourth-order valence-electron chi connectivity index (χ4n) is 2.11. The Kier molecular flexibility index (Phi) is 3.34. The van der Waals surface area contributed by atoms with Crippen LogP contribution in [0, 0.1) is 0 Å². The fourth-order valence-corrected chi connectivity index (χ4v) is 4.16. The highest BCUT2D eigenvalue weighted by atomic mass is 79.9. The van der Waals surface area contributed by atoms with Crippen molar-refractivity contribution in [3.8, 4) is 0 Å². The molecule has 0 unspecified atom stereocenters. The molecule has 1 aliphatic rings. The predicted octanol–water partition coefficient (Wildman–Crippen LogP) is 4.06. The number of nitrogens with zero attached hydrogens (tertiary/aromatic N) is 2. The molecule has 0 atom stereocenters. The lowest BCUT2D eigenvalue weighted by molar-refractivity contribution is 0.925. The minimum absolute atomic E-state index is 0.649. The van der Waals surface area contributed by atoms with E-state index in [1.807, 2.05) is 0 Å². The molecule has 0 spiro atoms. The molecule has 0 saturated heterocycles. The van der Waals surface area contributed by atoms with Crippen LogP contribution in [0.15, 0.2) is 15.2 Å². The summed E-state index contributed by atoms with van der Waals surface area (Å²) in [5.74, 6) is 1.38. The minimum atomic E-state index is 0.649. The summed E-state index contributed by atoms with van der Waals surface area (Å²) in [7, 11) is 2.12. The minimum Gasteiger partial charge on any atom is -0.383 e. The maximum absolute atomic E-state index is 5.98. The normalized spacial score (nSPS) is 15.0. The van der Waals surface area contributed by atoms with Gasteiger partial charge in [-0.2, -0.15) is 4.37 Å². The van der Waals surface area contributed by atoms with Crippen LogP contribution < -0.4 is 10.6 Å². The van der Waals surface area contributed by atoms with Crippen LogP contribution in [0.1, 0.15) is 29.9 Å². The standard InChI is InChI=1S/C12H14BrN3S2/c1-16(5-7-4-9(13)17-6-7)12-10(8-2-3-8)11(14)15-18-12/h4,6,8H,2-3,5H2,1H3,(H2,14,15). The molecule has 96 valence electrons. The first kappa shape index (κ1) is 12.4. The van der Waals surface area contributed by atoms with Gasteiger partial charge in [0, 0.05) is 19.2 Å². The largest absolute Gasteiger partial charge is 0.383 e. The van der Waals surface area contributed by atoms with Gasteiger partial charge in [0.05, 0.1) is 3.79 Å². The molecule has 1 saturated carbocycles. The zero-order chi connectivity index (χ0) is 12.7. The molecule has 2 N–H and O–H groups in total. The van der Waals surface area contributed by atoms with Crippen molar-refractivity contribution in [1.82, 2.24) is 4.37 Å². The molecule has 3 rings (SSSR count). The van der Waals surface area contributed by atoms with Crippen LogP contribution in [0.2, 0.25) is 0 Å². The van der Waals surface area contributed by atoms with E-state index in [2.05, 4.69) is 43.7 Å². The zero-order valence-electron chi connectivity index (χ0n) is 10.0. The molecule has 1 fully saturated rings. The number of nitrogens with two attached hydrogens (primary N) is 1. The second kappa shape index (κ2) is 4.83. The van der Waals surface area contributed by atoms with Crippen molar-refractivity contribution in [2.75, 3.05) is 17.7 Å². The Balaban J connectivity index is 1.81. The predicted molar refractivity (Wildman–Crippen MR) is 82.6 cm³/mol. The van der Waals surface area contributed by atoms with Crippen LogP contribution in [0.4, 0.5) is 10.8 Å². The van der Waals surface area contributed by atoms with Crippen molar-refractivity contribution in [3.05, 3.63) is 26.4 Å². The summed E-state index contributed by atoms with van der Waals surface area (Å²) in [4.78, 5) is 2.26. The molecule has 2 heterocycles. The van der Waals surface area contributed by atoms with Gasteiger partial charge in [-0.15, -0.1) is 11.3 Å². The number of thiophene rings is 1. The van der Waals surface area contributed by atoms with E-state index in [1.165, 1.54) is 44.3 Å². The summed E-state index contributed by atoms with van der Waals surface area (Å²) in [6.07, 6.45) is 2.51. The van der Waals surface area contributed by atoms with Crippen molar-refractivity contribution < 1.29 is 0 Å². The van der Waals surface area contributed by atoms with Crippen LogP contribution in [0.3, 0.4) is 0 Å². The molecule has 2 aromatic heterocycles. The smallest absolute Gasteiger partial charge is 0.142 e. The molecule has 2 aromatic rings. The summed E-state index contributed by atoms with van der Waals surface area (Å²) in [6.45, 7) is 0.906. The lowest BCUT2D eigenvalue weighted by Gasteiger charge is -2.17. The Morgan fingerprint density at radius 2 is 2.33 bits per heavy atom. The van der Waals surface area contributed by atoms with Crippen LogP contribution in [0.5, 0.6) is 0 Å². The molecule has 0 aliphatic heterocycles. The highest BCUT2D eigenvalue weighted by molar-refractivity contribution is 9.11. The fraction of sp³-hybridized carbons (Fsp3) is 0.417. The first-order valence-corrected chi connectivity index (χ1v) is 8.29. The van der Waals surface area contributed by atoms with E-state index in [9.17, 15) is 0 Å². The van der Waals surface area contributed by atoms with E-state index in [0.29, 0.717) is 5.92 Å². The van der Waals surface area contributed by atoms with Gasteiger partial charge in [0.1, 0.15) is 10.8 Å². The van der Waals surface area contributed by atoms with E-state index in [1.54, 1.807) is 11.3 Å². The second-order valence-electron chi connectivity index (χ2n) is 4.68. The number of rotatable bonds is 4. The third kappa shape index (κ3) is 2.41. The number of aromatic nitrogens is 1. The summed E-state index contributed by atoms with van der Waals surface area (Å²) in [5.41, 5.74) is 8.58. The Morgan fingerprint density at radius 3 is 2.94 bits per heavy atom. The summed E-state index contributed by atoms with van der Waals surface area (Å²) in [5, 5.41) is 3.42. The highest BCUT2D eigenvalue weighted by Crippen LogP contribution is 2.48.